The van der Waals surface area contributed by atoms with Gasteiger partial charge in [-0.25, -0.2) is 0 Å². The summed E-state index contributed by atoms with van der Waals surface area (Å²) in [6.07, 6.45) is 0. The molecule has 0 saturated heterocycles. The summed E-state index contributed by atoms with van der Waals surface area (Å²) in [5, 5.41) is 8.54. The monoisotopic (exact) mass is 298 g/mol. The fourth-order valence-corrected chi connectivity index (χ4v) is 1.20. The molecule has 1 aromatic rings. The van der Waals surface area contributed by atoms with Crippen LogP contribution >= 0.6 is 16.5 Å². The van der Waals surface area contributed by atoms with Gasteiger partial charge in [0.15, 0.2) is 0 Å². The molecule has 0 bridgehead atoms. The van der Waals surface area contributed by atoms with Crippen LogP contribution in [0.3, 0.4) is 0 Å². The van der Waals surface area contributed by atoms with Gasteiger partial charge in [-0.2, -0.15) is 0 Å². The van der Waals surface area contributed by atoms with Gasteiger partial charge in [0, 0.05) is 0 Å². The molecule has 0 radical (unpaired) electrons. The average molecular weight is 298 g/mol. The van der Waals surface area contributed by atoms with Crippen molar-refractivity contribution in [1.29, 1.82) is 0 Å². The minimum Gasteiger partial charge on any atom is -0.781 e. The molecule has 0 saturated carbocycles. The fraction of sp³-hybridized carbons (Fsp3) is 0.143. The number of benzene rings is 1. The van der Waals surface area contributed by atoms with Gasteiger partial charge in [-0.05, 0) is 5.56 Å². The maximum absolute atomic E-state index is 9.29. The minimum atomic E-state index is -3.51. The molecule has 86 valence electrons. The molecule has 0 aliphatic carbocycles. The van der Waals surface area contributed by atoms with Crippen LogP contribution in [0, 0.1) is 0 Å². The zero-order valence-electron chi connectivity index (χ0n) is 9.58. The molecule has 0 amide bonds. The Kier molecular flexibility index (Phi) is 21.6. The summed E-state index contributed by atoms with van der Waals surface area (Å²) >= 11 is 0. The quantitative estimate of drug-likeness (QED) is 0.439. The van der Waals surface area contributed by atoms with Crippen molar-refractivity contribution in [2.45, 2.75) is 6.61 Å². The number of hydrogen-bond donors (Lipinski definition) is 1. The van der Waals surface area contributed by atoms with E-state index in [0.29, 0.717) is 0 Å². The SMILES string of the molecule is O=[PH]([O-])O[PH](=O)[O-].OCc1ccccc1.[Na+].[Na+]. The molecule has 0 fully saturated rings. The molecule has 0 aliphatic heterocycles. The van der Waals surface area contributed by atoms with Crippen molar-refractivity contribution in [3.05, 3.63) is 35.9 Å². The number of aliphatic hydroxyl groups is 1. The van der Waals surface area contributed by atoms with E-state index in [-0.39, 0.29) is 65.7 Å². The third kappa shape index (κ3) is 17.5. The van der Waals surface area contributed by atoms with Crippen molar-refractivity contribution < 1.29 is 87.4 Å². The largest absolute Gasteiger partial charge is 1.00 e. The van der Waals surface area contributed by atoms with E-state index in [1.165, 1.54) is 0 Å². The second-order valence-corrected chi connectivity index (χ2v) is 4.06. The Morgan fingerprint density at radius 3 is 1.65 bits per heavy atom. The van der Waals surface area contributed by atoms with Crippen LogP contribution in [-0.4, -0.2) is 5.11 Å². The van der Waals surface area contributed by atoms with Crippen molar-refractivity contribution in [2.24, 2.45) is 0 Å². The minimum absolute atomic E-state index is 0. The maximum atomic E-state index is 9.29. The first-order valence-corrected chi connectivity index (χ1v) is 6.25. The van der Waals surface area contributed by atoms with Gasteiger partial charge >= 0.3 is 59.1 Å². The second-order valence-electron chi connectivity index (χ2n) is 2.25. The van der Waals surface area contributed by atoms with Gasteiger partial charge in [0.05, 0.1) is 6.61 Å². The van der Waals surface area contributed by atoms with Crippen LogP contribution < -0.4 is 68.9 Å². The molecule has 2 atom stereocenters. The van der Waals surface area contributed by atoms with Crippen LogP contribution in [0.25, 0.3) is 0 Å². The number of rotatable bonds is 3. The van der Waals surface area contributed by atoms with E-state index in [2.05, 4.69) is 4.31 Å². The molecule has 0 spiro atoms. The molecule has 0 heterocycles. The molecular formula is C7H10Na2O6P2. The van der Waals surface area contributed by atoms with Crippen molar-refractivity contribution in [1.82, 2.24) is 0 Å². The third-order valence-corrected chi connectivity index (χ3v) is 2.53. The van der Waals surface area contributed by atoms with E-state index in [1.807, 2.05) is 30.3 Å². The van der Waals surface area contributed by atoms with Gasteiger partial charge in [0.2, 0.25) is 0 Å². The van der Waals surface area contributed by atoms with Crippen molar-refractivity contribution in [3.8, 4) is 0 Å². The molecule has 17 heavy (non-hydrogen) atoms. The van der Waals surface area contributed by atoms with Gasteiger partial charge in [0.1, 0.15) is 16.5 Å². The van der Waals surface area contributed by atoms with Gasteiger partial charge in [-0.3, -0.25) is 4.31 Å². The molecular weight excluding hydrogens is 288 g/mol. The molecule has 2 unspecified atom stereocenters. The summed E-state index contributed by atoms with van der Waals surface area (Å²) in [6.45, 7) is 0.140. The summed E-state index contributed by atoms with van der Waals surface area (Å²) in [7, 11) is -7.03. The van der Waals surface area contributed by atoms with Gasteiger partial charge < -0.3 is 24.0 Å². The summed E-state index contributed by atoms with van der Waals surface area (Å²) < 4.78 is 21.8. The Morgan fingerprint density at radius 1 is 1.06 bits per heavy atom. The molecule has 1 aromatic carbocycles. The van der Waals surface area contributed by atoms with Gasteiger partial charge in [-0.1, -0.05) is 30.3 Å². The Labute approximate surface area is 145 Å². The Balaban J connectivity index is -0.000000208. The Bertz CT molecular complexity index is 311. The normalized spacial score (nSPS) is 11.9. The fourth-order valence-electron chi connectivity index (χ4n) is 0.651. The first kappa shape index (κ1) is 23.6. The average Bonchev–Trinajstić information content (AvgIpc) is 2.18. The summed E-state index contributed by atoms with van der Waals surface area (Å²) in [5.74, 6) is 0. The maximum Gasteiger partial charge on any atom is 1.00 e. The van der Waals surface area contributed by atoms with E-state index < -0.39 is 16.5 Å². The molecule has 1 rings (SSSR count). The predicted molar refractivity (Wildman–Crippen MR) is 51.5 cm³/mol. The molecule has 1 N–H and O–H groups in total. The van der Waals surface area contributed by atoms with Crippen LogP contribution in [0.1, 0.15) is 5.56 Å². The predicted octanol–water partition coefficient (Wildman–Crippen LogP) is -6.31. The van der Waals surface area contributed by atoms with Gasteiger partial charge in [0.25, 0.3) is 0 Å². The van der Waals surface area contributed by atoms with Crippen LogP contribution in [0.5, 0.6) is 0 Å². The van der Waals surface area contributed by atoms with Crippen LogP contribution in [0.4, 0.5) is 0 Å². The topological polar surface area (TPSA) is 110 Å². The summed E-state index contributed by atoms with van der Waals surface area (Å²) in [5.41, 5.74) is 0.965. The van der Waals surface area contributed by atoms with Crippen LogP contribution in [0.2, 0.25) is 0 Å². The van der Waals surface area contributed by atoms with E-state index in [9.17, 15) is 18.9 Å². The second kappa shape index (κ2) is 15.6. The van der Waals surface area contributed by atoms with Crippen molar-refractivity contribution >= 4 is 16.5 Å². The first-order chi connectivity index (χ1) is 7.06. The molecule has 0 aliphatic rings. The summed E-state index contributed by atoms with van der Waals surface area (Å²) in [4.78, 5) is 18.6. The number of aliphatic hydroxyl groups excluding tert-OH is 1. The standard InChI is InChI=1S/C7H8O.2Na.H4O5P2/c8-6-7-4-2-1-3-5-7;;;1-6(2)5-7(3)4/h1-5,8H,6H2;;;6-7H,(H,1,2)(H,3,4)/q;2*+1;/p-2. The van der Waals surface area contributed by atoms with E-state index in [4.69, 9.17) is 5.11 Å². The first-order valence-electron chi connectivity index (χ1n) is 3.81. The summed E-state index contributed by atoms with van der Waals surface area (Å²) in [6, 6.07) is 9.52. The zero-order valence-corrected chi connectivity index (χ0v) is 15.6. The van der Waals surface area contributed by atoms with E-state index in [0.717, 1.165) is 5.56 Å². The van der Waals surface area contributed by atoms with Crippen molar-refractivity contribution in [2.75, 3.05) is 0 Å². The van der Waals surface area contributed by atoms with Crippen LogP contribution in [-0.2, 0) is 20.0 Å². The van der Waals surface area contributed by atoms with Crippen LogP contribution in [0.15, 0.2) is 30.3 Å². The van der Waals surface area contributed by atoms with Gasteiger partial charge in [-0.15, -0.1) is 0 Å². The molecule has 0 aromatic heterocycles. The molecule has 6 nitrogen and oxygen atoms in total. The zero-order chi connectivity index (χ0) is 11.7. The smallest absolute Gasteiger partial charge is 0.781 e. The number of hydrogen-bond acceptors (Lipinski definition) is 6. The third-order valence-electron chi connectivity index (χ3n) is 1.19. The Morgan fingerprint density at radius 2 is 1.47 bits per heavy atom. The van der Waals surface area contributed by atoms with E-state index >= 15 is 0 Å². The van der Waals surface area contributed by atoms with E-state index in [1.54, 1.807) is 0 Å². The van der Waals surface area contributed by atoms with Crippen molar-refractivity contribution in [3.63, 3.8) is 0 Å². The Hall–Kier alpha value is 1.52. The molecule has 10 heteroatoms.